The number of nitrogens with zero attached hydrogens (tertiary/aromatic N) is 2. The topological polar surface area (TPSA) is 78.1 Å². The van der Waals surface area contributed by atoms with Crippen LogP contribution in [0.1, 0.15) is 41.4 Å². The van der Waals surface area contributed by atoms with Crippen LogP contribution in [-0.4, -0.2) is 46.3 Å². The van der Waals surface area contributed by atoms with E-state index in [1.54, 1.807) is 0 Å². The van der Waals surface area contributed by atoms with Gasteiger partial charge < -0.3 is 15.2 Å². The van der Waals surface area contributed by atoms with Gasteiger partial charge in [-0.15, -0.1) is 0 Å². The first-order valence-electron chi connectivity index (χ1n) is 9.97. The van der Waals surface area contributed by atoms with Crippen LogP contribution < -0.4 is 5.32 Å². The number of nitrogens with one attached hydrogen (secondary N) is 2. The molecular weight excluding hydrogens is 451 g/mol. The van der Waals surface area contributed by atoms with E-state index >= 15 is 0 Å². The maximum atomic E-state index is 13.4. The fraction of sp³-hybridized carbons (Fsp3) is 0.318. The average molecular weight is 473 g/mol. The third-order valence-electron chi connectivity index (χ3n) is 5.37. The molecule has 1 unspecified atom stereocenters. The molecule has 1 saturated heterocycles. The number of piperidine rings is 1. The number of aromatic amines is 1. The molecule has 1 atom stereocenters. The van der Waals surface area contributed by atoms with Crippen LogP contribution in [0.3, 0.4) is 0 Å². The van der Waals surface area contributed by atoms with E-state index in [4.69, 9.17) is 0 Å². The maximum absolute atomic E-state index is 13.4. The summed E-state index contributed by atoms with van der Waals surface area (Å²) in [5.74, 6) is 0.192. The molecule has 0 spiro atoms. The fourth-order valence-corrected chi connectivity index (χ4v) is 4.23. The van der Waals surface area contributed by atoms with Crippen LogP contribution in [-0.2, 0) is 4.79 Å². The van der Waals surface area contributed by atoms with Gasteiger partial charge in [-0.2, -0.15) is 0 Å². The van der Waals surface area contributed by atoms with Crippen LogP contribution in [0.2, 0.25) is 0 Å². The van der Waals surface area contributed by atoms with Gasteiger partial charge in [-0.05, 0) is 59.1 Å². The van der Waals surface area contributed by atoms with Gasteiger partial charge in [0, 0.05) is 36.4 Å². The molecule has 1 fully saturated rings. The summed E-state index contributed by atoms with van der Waals surface area (Å²) in [6.07, 6.45) is 2.09. The third-order valence-corrected chi connectivity index (χ3v) is 6.06. The number of rotatable bonds is 5. The number of likely N-dealkylation sites (tertiary alicyclic amines) is 1. The molecule has 3 aromatic rings. The lowest BCUT2D eigenvalue weighted by molar-refractivity contribution is -0.132. The van der Waals surface area contributed by atoms with Crippen molar-refractivity contribution in [2.24, 2.45) is 0 Å². The number of fused-ring (bicyclic) bond motifs is 1. The summed E-state index contributed by atoms with van der Waals surface area (Å²) in [6.45, 7) is 1.52. The second-order valence-electron chi connectivity index (χ2n) is 7.45. The highest BCUT2D eigenvalue weighted by atomic mass is 79.9. The molecule has 8 heteroatoms. The Labute approximate surface area is 182 Å². The lowest BCUT2D eigenvalue weighted by Gasteiger charge is -2.32. The first-order chi connectivity index (χ1) is 14.5. The van der Waals surface area contributed by atoms with Crippen LogP contribution in [0.5, 0.6) is 0 Å². The zero-order chi connectivity index (χ0) is 21.1. The van der Waals surface area contributed by atoms with E-state index in [1.807, 2.05) is 29.2 Å². The number of hydrogen-bond donors (Lipinski definition) is 2. The Hall–Kier alpha value is -2.74. The van der Waals surface area contributed by atoms with Gasteiger partial charge in [-0.25, -0.2) is 9.37 Å². The van der Waals surface area contributed by atoms with Gasteiger partial charge >= 0.3 is 0 Å². The number of amides is 2. The molecule has 156 valence electrons. The summed E-state index contributed by atoms with van der Waals surface area (Å²) < 4.78 is 13.9. The number of hydrogen-bond acceptors (Lipinski definition) is 3. The maximum Gasteiger partial charge on any atom is 0.252 e. The van der Waals surface area contributed by atoms with Crippen LogP contribution in [0, 0.1) is 5.82 Å². The molecule has 4 rings (SSSR count). The summed E-state index contributed by atoms with van der Waals surface area (Å²) in [5.41, 5.74) is 2.15. The zero-order valence-corrected chi connectivity index (χ0v) is 17.9. The molecule has 0 saturated carbocycles. The van der Waals surface area contributed by atoms with E-state index in [1.165, 1.54) is 18.2 Å². The van der Waals surface area contributed by atoms with Gasteiger partial charge in [0.15, 0.2) is 0 Å². The minimum Gasteiger partial charge on any atom is -0.351 e. The highest BCUT2D eigenvalue weighted by Gasteiger charge is 2.26. The van der Waals surface area contributed by atoms with E-state index in [0.29, 0.717) is 17.6 Å². The number of H-pyrrole nitrogens is 1. The van der Waals surface area contributed by atoms with Crippen molar-refractivity contribution in [1.29, 1.82) is 0 Å². The summed E-state index contributed by atoms with van der Waals surface area (Å²) in [5, 5.41) is 2.70. The molecule has 1 aliphatic rings. The Morgan fingerprint density at radius 2 is 2.10 bits per heavy atom. The van der Waals surface area contributed by atoms with Crippen molar-refractivity contribution >= 4 is 38.8 Å². The Morgan fingerprint density at radius 1 is 1.27 bits per heavy atom. The Kier molecular flexibility index (Phi) is 6.13. The Balaban J connectivity index is 1.32. The molecule has 30 heavy (non-hydrogen) atoms. The van der Waals surface area contributed by atoms with Gasteiger partial charge in [0.05, 0.1) is 16.6 Å². The number of halogens is 2. The first kappa shape index (κ1) is 20.5. The SMILES string of the molecule is O=C(NCCC(=O)N1CCCC(c2nc3ccccc3[nH]2)C1)c1cc(F)ccc1Br. The van der Waals surface area contributed by atoms with Gasteiger partial charge in [0.1, 0.15) is 11.6 Å². The number of benzene rings is 2. The fourth-order valence-electron chi connectivity index (χ4n) is 3.80. The van der Waals surface area contributed by atoms with E-state index in [9.17, 15) is 14.0 Å². The predicted octanol–water partition coefficient (Wildman–Crippen LogP) is 3.99. The molecule has 1 aromatic heterocycles. The van der Waals surface area contributed by atoms with Crippen molar-refractivity contribution < 1.29 is 14.0 Å². The molecule has 1 aliphatic heterocycles. The Bertz CT molecular complexity index is 1050. The van der Waals surface area contributed by atoms with Crippen molar-refractivity contribution in [3.63, 3.8) is 0 Å². The normalized spacial score (nSPS) is 16.6. The summed E-state index contributed by atoms with van der Waals surface area (Å²) in [7, 11) is 0. The molecule has 0 aliphatic carbocycles. The summed E-state index contributed by atoms with van der Waals surface area (Å²) >= 11 is 3.24. The van der Waals surface area contributed by atoms with Gasteiger partial charge in [-0.3, -0.25) is 9.59 Å². The van der Waals surface area contributed by atoms with E-state index < -0.39 is 11.7 Å². The number of aromatic nitrogens is 2. The molecule has 0 radical (unpaired) electrons. The number of para-hydroxylation sites is 2. The molecule has 2 amide bonds. The smallest absolute Gasteiger partial charge is 0.252 e. The molecule has 0 bridgehead atoms. The number of carbonyl (C=O) groups is 2. The van der Waals surface area contributed by atoms with E-state index in [0.717, 1.165) is 29.7 Å². The zero-order valence-electron chi connectivity index (χ0n) is 16.3. The van der Waals surface area contributed by atoms with E-state index in [-0.39, 0.29) is 30.4 Å². The van der Waals surface area contributed by atoms with Crippen LogP contribution in [0.25, 0.3) is 11.0 Å². The molecule has 2 N–H and O–H groups in total. The lowest BCUT2D eigenvalue weighted by Crippen LogP contribution is -2.40. The molecule has 2 heterocycles. The van der Waals surface area contributed by atoms with Crippen LogP contribution in [0.4, 0.5) is 4.39 Å². The van der Waals surface area contributed by atoms with Crippen LogP contribution >= 0.6 is 15.9 Å². The molecule has 6 nitrogen and oxygen atoms in total. The monoisotopic (exact) mass is 472 g/mol. The van der Waals surface area contributed by atoms with Crippen molar-refractivity contribution in [2.45, 2.75) is 25.2 Å². The lowest BCUT2D eigenvalue weighted by atomic mass is 9.97. The summed E-state index contributed by atoms with van der Waals surface area (Å²) in [6, 6.07) is 11.8. The van der Waals surface area contributed by atoms with Crippen LogP contribution in [0.15, 0.2) is 46.9 Å². The quantitative estimate of drug-likeness (QED) is 0.589. The van der Waals surface area contributed by atoms with Crippen molar-refractivity contribution in [3.8, 4) is 0 Å². The van der Waals surface area contributed by atoms with Gasteiger partial charge in [0.25, 0.3) is 5.91 Å². The first-order valence-corrected chi connectivity index (χ1v) is 10.8. The van der Waals surface area contributed by atoms with Crippen molar-refractivity contribution in [1.82, 2.24) is 20.2 Å². The van der Waals surface area contributed by atoms with Crippen molar-refractivity contribution in [2.75, 3.05) is 19.6 Å². The standard InChI is InChI=1S/C22H22BrFN4O2/c23-17-8-7-15(24)12-16(17)22(30)25-10-9-20(29)28-11-3-4-14(13-28)21-26-18-5-1-2-6-19(18)27-21/h1-2,5-8,12,14H,3-4,9-11,13H2,(H,25,30)(H,26,27). The van der Waals surface area contributed by atoms with Gasteiger partial charge in [-0.1, -0.05) is 12.1 Å². The average Bonchev–Trinajstić information content (AvgIpc) is 3.20. The Morgan fingerprint density at radius 3 is 2.93 bits per heavy atom. The van der Waals surface area contributed by atoms with Crippen molar-refractivity contribution in [3.05, 3.63) is 64.1 Å². The third kappa shape index (κ3) is 4.53. The minimum atomic E-state index is -0.482. The largest absolute Gasteiger partial charge is 0.351 e. The highest BCUT2D eigenvalue weighted by molar-refractivity contribution is 9.10. The predicted molar refractivity (Wildman–Crippen MR) is 116 cm³/mol. The second kappa shape index (κ2) is 8.95. The summed E-state index contributed by atoms with van der Waals surface area (Å²) in [4.78, 5) is 34.8. The highest BCUT2D eigenvalue weighted by Crippen LogP contribution is 2.27. The van der Waals surface area contributed by atoms with Gasteiger partial charge in [0.2, 0.25) is 5.91 Å². The number of carbonyl (C=O) groups excluding carboxylic acids is 2. The molecule has 2 aromatic carbocycles. The second-order valence-corrected chi connectivity index (χ2v) is 8.30. The molecular formula is C22H22BrFN4O2. The number of imidazole rings is 1. The minimum absolute atomic E-state index is 0.00517. The van der Waals surface area contributed by atoms with E-state index in [2.05, 4.69) is 31.2 Å².